The van der Waals surface area contributed by atoms with Crippen LogP contribution in [0.3, 0.4) is 0 Å². The maximum atomic E-state index is 12.7. The van der Waals surface area contributed by atoms with Crippen molar-refractivity contribution in [1.29, 1.82) is 0 Å². The lowest BCUT2D eigenvalue weighted by Gasteiger charge is -2.30. The Hall–Kier alpha value is -2.99. The third kappa shape index (κ3) is 4.06. The Labute approximate surface area is 158 Å². The summed E-state index contributed by atoms with van der Waals surface area (Å²) in [7, 11) is 0. The molecule has 27 heavy (non-hydrogen) atoms. The Morgan fingerprint density at radius 3 is 2.52 bits per heavy atom. The second kappa shape index (κ2) is 8.60. The molecule has 140 valence electrons. The SMILES string of the molecule is CCN(CC)C(CNC(=O)c1cnc2ccccn2c1=O)c1ccccc1. The number of hydrogen-bond donors (Lipinski definition) is 1. The van der Waals surface area contributed by atoms with Gasteiger partial charge in [-0.2, -0.15) is 0 Å². The maximum absolute atomic E-state index is 12.7. The van der Waals surface area contributed by atoms with E-state index in [1.54, 1.807) is 24.4 Å². The molecule has 2 aromatic heterocycles. The smallest absolute Gasteiger partial charge is 0.270 e. The highest BCUT2D eigenvalue weighted by Crippen LogP contribution is 2.19. The Morgan fingerprint density at radius 2 is 1.81 bits per heavy atom. The van der Waals surface area contributed by atoms with Gasteiger partial charge in [-0.1, -0.05) is 50.2 Å². The van der Waals surface area contributed by atoms with E-state index in [9.17, 15) is 9.59 Å². The molecule has 0 fully saturated rings. The minimum atomic E-state index is -0.404. The molecule has 2 heterocycles. The van der Waals surface area contributed by atoms with Gasteiger partial charge in [0.05, 0.1) is 6.04 Å². The molecular weight excluding hydrogens is 340 g/mol. The molecule has 0 aliphatic carbocycles. The van der Waals surface area contributed by atoms with Crippen LogP contribution < -0.4 is 10.9 Å². The minimum absolute atomic E-state index is 0.0429. The average molecular weight is 364 g/mol. The zero-order chi connectivity index (χ0) is 19.2. The number of hydrogen-bond acceptors (Lipinski definition) is 4. The van der Waals surface area contributed by atoms with Gasteiger partial charge in [0.15, 0.2) is 0 Å². The summed E-state index contributed by atoms with van der Waals surface area (Å²) in [4.78, 5) is 31.7. The van der Waals surface area contributed by atoms with Crippen LogP contribution in [0.15, 0.2) is 65.7 Å². The highest BCUT2D eigenvalue weighted by molar-refractivity contribution is 5.93. The topological polar surface area (TPSA) is 66.7 Å². The summed E-state index contributed by atoms with van der Waals surface area (Å²) in [6.07, 6.45) is 2.96. The highest BCUT2D eigenvalue weighted by atomic mass is 16.2. The number of nitrogens with zero attached hydrogens (tertiary/aromatic N) is 3. The summed E-state index contributed by atoms with van der Waals surface area (Å²) in [5.41, 5.74) is 1.33. The summed E-state index contributed by atoms with van der Waals surface area (Å²) < 4.78 is 1.38. The van der Waals surface area contributed by atoms with Gasteiger partial charge in [0, 0.05) is 18.9 Å². The van der Waals surface area contributed by atoms with Crippen LogP contribution in [0, 0.1) is 0 Å². The molecule has 0 saturated heterocycles. The molecule has 0 aliphatic heterocycles. The molecule has 3 aromatic rings. The third-order valence-corrected chi connectivity index (χ3v) is 4.75. The molecular formula is C21H24N4O2. The molecule has 0 aliphatic rings. The third-order valence-electron chi connectivity index (χ3n) is 4.75. The van der Waals surface area contributed by atoms with E-state index < -0.39 is 5.91 Å². The minimum Gasteiger partial charge on any atom is -0.350 e. The van der Waals surface area contributed by atoms with Crippen molar-refractivity contribution in [3.63, 3.8) is 0 Å². The Balaban J connectivity index is 1.82. The first-order valence-corrected chi connectivity index (χ1v) is 9.19. The molecule has 1 unspecified atom stereocenters. The molecule has 1 amide bonds. The van der Waals surface area contributed by atoms with Crippen LogP contribution in [0.25, 0.3) is 5.65 Å². The van der Waals surface area contributed by atoms with Crippen molar-refractivity contribution in [2.24, 2.45) is 0 Å². The van der Waals surface area contributed by atoms with E-state index in [0.29, 0.717) is 12.2 Å². The Bertz CT molecular complexity index is 965. The van der Waals surface area contributed by atoms with Gasteiger partial charge in [0.2, 0.25) is 0 Å². The van der Waals surface area contributed by atoms with Crippen LogP contribution in [-0.4, -0.2) is 39.8 Å². The van der Waals surface area contributed by atoms with Gasteiger partial charge in [-0.25, -0.2) is 4.98 Å². The first-order valence-electron chi connectivity index (χ1n) is 9.19. The lowest BCUT2D eigenvalue weighted by molar-refractivity contribution is 0.0933. The van der Waals surface area contributed by atoms with E-state index >= 15 is 0 Å². The summed E-state index contributed by atoms with van der Waals surface area (Å²) in [5.74, 6) is -0.404. The lowest BCUT2D eigenvalue weighted by Crippen LogP contribution is -2.39. The summed E-state index contributed by atoms with van der Waals surface area (Å²) in [6, 6.07) is 15.4. The first kappa shape index (κ1) is 18.8. The van der Waals surface area contributed by atoms with E-state index in [2.05, 4.69) is 41.2 Å². The number of nitrogens with one attached hydrogen (secondary N) is 1. The van der Waals surface area contributed by atoms with Crippen LogP contribution >= 0.6 is 0 Å². The van der Waals surface area contributed by atoms with Gasteiger partial charge in [-0.3, -0.25) is 18.9 Å². The van der Waals surface area contributed by atoms with E-state index in [4.69, 9.17) is 0 Å². The number of carbonyl (C=O) groups is 1. The van der Waals surface area contributed by atoms with Crippen LogP contribution in [0.2, 0.25) is 0 Å². The number of fused-ring (bicyclic) bond motifs is 1. The van der Waals surface area contributed by atoms with Gasteiger partial charge >= 0.3 is 0 Å². The number of amides is 1. The van der Waals surface area contributed by atoms with Gasteiger partial charge in [-0.15, -0.1) is 0 Å². The summed E-state index contributed by atoms with van der Waals surface area (Å²) in [6.45, 7) is 6.35. The van der Waals surface area contributed by atoms with Gasteiger partial charge in [0.1, 0.15) is 11.2 Å². The predicted molar refractivity (Wildman–Crippen MR) is 106 cm³/mol. The van der Waals surface area contributed by atoms with E-state index in [1.807, 2.05) is 18.2 Å². The molecule has 0 saturated carbocycles. The molecule has 6 heteroatoms. The summed E-state index contributed by atoms with van der Waals surface area (Å²) in [5, 5.41) is 2.92. The van der Waals surface area contributed by atoms with Crippen LogP contribution in [0.5, 0.6) is 0 Å². The van der Waals surface area contributed by atoms with Crippen molar-refractivity contribution in [2.45, 2.75) is 19.9 Å². The van der Waals surface area contributed by atoms with Crippen molar-refractivity contribution in [2.75, 3.05) is 19.6 Å². The van der Waals surface area contributed by atoms with Crippen LogP contribution in [0.1, 0.15) is 35.8 Å². The van der Waals surface area contributed by atoms with Crippen molar-refractivity contribution in [1.82, 2.24) is 19.6 Å². The largest absolute Gasteiger partial charge is 0.350 e. The van der Waals surface area contributed by atoms with Crippen molar-refractivity contribution >= 4 is 11.6 Å². The fourth-order valence-corrected chi connectivity index (χ4v) is 3.26. The van der Waals surface area contributed by atoms with Crippen LogP contribution in [0.4, 0.5) is 0 Å². The quantitative estimate of drug-likeness (QED) is 0.700. The fraction of sp³-hybridized carbons (Fsp3) is 0.286. The molecule has 0 radical (unpaired) electrons. The molecule has 0 bridgehead atoms. The fourth-order valence-electron chi connectivity index (χ4n) is 3.26. The highest BCUT2D eigenvalue weighted by Gasteiger charge is 2.20. The second-order valence-corrected chi connectivity index (χ2v) is 6.26. The van der Waals surface area contributed by atoms with Gasteiger partial charge in [-0.05, 0) is 30.8 Å². The molecule has 1 N–H and O–H groups in total. The monoisotopic (exact) mass is 364 g/mol. The number of pyridine rings is 1. The molecule has 1 atom stereocenters. The molecule has 0 spiro atoms. The number of benzene rings is 1. The maximum Gasteiger partial charge on any atom is 0.270 e. The Morgan fingerprint density at radius 1 is 1.11 bits per heavy atom. The van der Waals surface area contributed by atoms with Gasteiger partial charge in [0.25, 0.3) is 11.5 Å². The standard InChI is InChI=1S/C21H24N4O2/c1-3-24(4-2)18(16-10-6-5-7-11-16)15-23-20(26)17-14-22-19-12-8-9-13-25(19)21(17)27/h5-14,18H,3-4,15H2,1-2H3,(H,23,26). The molecule has 1 aromatic carbocycles. The first-order chi connectivity index (χ1) is 13.2. The summed E-state index contributed by atoms with van der Waals surface area (Å²) >= 11 is 0. The number of rotatable bonds is 7. The molecule has 3 rings (SSSR count). The lowest BCUT2D eigenvalue weighted by atomic mass is 10.0. The average Bonchev–Trinajstić information content (AvgIpc) is 2.72. The van der Waals surface area contributed by atoms with Crippen LogP contribution in [-0.2, 0) is 0 Å². The van der Waals surface area contributed by atoms with Crippen molar-refractivity contribution < 1.29 is 4.79 Å². The second-order valence-electron chi connectivity index (χ2n) is 6.26. The zero-order valence-corrected chi connectivity index (χ0v) is 15.6. The zero-order valence-electron chi connectivity index (χ0n) is 15.6. The normalized spacial score (nSPS) is 12.3. The number of aromatic nitrogens is 2. The van der Waals surface area contributed by atoms with Gasteiger partial charge < -0.3 is 5.32 Å². The van der Waals surface area contributed by atoms with E-state index in [0.717, 1.165) is 18.7 Å². The predicted octanol–water partition coefficient (Wildman–Crippen LogP) is 2.51. The van der Waals surface area contributed by atoms with Crippen molar-refractivity contribution in [3.05, 3.63) is 82.4 Å². The van der Waals surface area contributed by atoms with E-state index in [-0.39, 0.29) is 17.2 Å². The van der Waals surface area contributed by atoms with Crippen molar-refractivity contribution in [3.8, 4) is 0 Å². The Kier molecular flexibility index (Phi) is 5.98. The van der Waals surface area contributed by atoms with E-state index in [1.165, 1.54) is 10.6 Å². The number of carbonyl (C=O) groups excluding carboxylic acids is 1. The molecule has 6 nitrogen and oxygen atoms in total. The number of likely N-dealkylation sites (N-methyl/N-ethyl adjacent to an activating group) is 1.